The fourth-order valence-electron chi connectivity index (χ4n) is 3.72. The number of hydrogen-bond donors (Lipinski definition) is 4. The van der Waals surface area contributed by atoms with Crippen molar-refractivity contribution in [1.82, 2.24) is 10.2 Å². The first-order valence-corrected chi connectivity index (χ1v) is 10.0. The number of anilines is 1. The van der Waals surface area contributed by atoms with E-state index in [0.717, 1.165) is 19.4 Å². The van der Waals surface area contributed by atoms with Crippen molar-refractivity contribution < 1.29 is 29.3 Å². The van der Waals surface area contributed by atoms with Gasteiger partial charge < -0.3 is 35.6 Å². The van der Waals surface area contributed by atoms with Crippen LogP contribution in [0.4, 0.5) is 5.69 Å². The average Bonchev–Trinajstić information content (AvgIpc) is 2.91. The third-order valence-corrected chi connectivity index (χ3v) is 5.31. The number of carbonyl (C=O) groups excluding carboxylic acids is 1. The number of aliphatic carboxylic acids is 1. The van der Waals surface area contributed by atoms with Crippen LogP contribution in [-0.2, 0) is 4.79 Å². The summed E-state index contributed by atoms with van der Waals surface area (Å²) in [7, 11) is 0. The molecule has 0 spiro atoms. The van der Waals surface area contributed by atoms with Gasteiger partial charge in [0.15, 0.2) is 11.5 Å². The van der Waals surface area contributed by atoms with Crippen LogP contribution in [0.25, 0.3) is 0 Å². The number of hydrogen-bond acceptors (Lipinski definition) is 7. The van der Waals surface area contributed by atoms with Crippen LogP contribution in [0.3, 0.4) is 0 Å². The summed E-state index contributed by atoms with van der Waals surface area (Å²) in [4.78, 5) is 25.4. The Morgan fingerprint density at radius 3 is 2.83 bits per heavy atom. The Balaban J connectivity index is 1.54. The number of nitrogen functional groups attached to an aromatic ring is 1. The molecular formula is C20H29N3O6. The van der Waals surface area contributed by atoms with Gasteiger partial charge in [-0.15, -0.1) is 0 Å². The molecule has 1 saturated heterocycles. The van der Waals surface area contributed by atoms with Gasteiger partial charge in [-0.2, -0.15) is 0 Å². The van der Waals surface area contributed by atoms with Gasteiger partial charge in [0.2, 0.25) is 0 Å². The van der Waals surface area contributed by atoms with Crippen LogP contribution in [-0.4, -0.2) is 72.5 Å². The van der Waals surface area contributed by atoms with Gasteiger partial charge in [0.25, 0.3) is 5.91 Å². The summed E-state index contributed by atoms with van der Waals surface area (Å²) < 4.78 is 11.3. The van der Waals surface area contributed by atoms with Crippen molar-refractivity contribution in [3.63, 3.8) is 0 Å². The number of aliphatic hydroxyl groups excluding tert-OH is 1. The van der Waals surface area contributed by atoms with E-state index >= 15 is 0 Å². The Hall–Kier alpha value is -2.52. The number of piperidine rings is 1. The number of β-amino-alcohol motifs (C(OH)–C–C–N with tert-alkyl or cyclic N) is 1. The van der Waals surface area contributed by atoms with E-state index < -0.39 is 12.1 Å². The molecule has 2 heterocycles. The number of carboxylic acids is 1. The second-order valence-corrected chi connectivity index (χ2v) is 7.57. The van der Waals surface area contributed by atoms with Crippen molar-refractivity contribution in [2.24, 2.45) is 5.92 Å². The van der Waals surface area contributed by atoms with Crippen molar-refractivity contribution in [2.45, 2.75) is 31.8 Å². The van der Waals surface area contributed by atoms with Gasteiger partial charge in [-0.1, -0.05) is 0 Å². The number of carbonyl (C=O) groups is 2. The highest BCUT2D eigenvalue weighted by molar-refractivity contribution is 5.98. The Morgan fingerprint density at radius 2 is 2.07 bits per heavy atom. The maximum atomic E-state index is 12.8. The van der Waals surface area contributed by atoms with Crippen molar-refractivity contribution in [2.75, 3.05) is 45.1 Å². The van der Waals surface area contributed by atoms with Crippen LogP contribution in [0.5, 0.6) is 11.5 Å². The third kappa shape index (κ3) is 5.74. The molecular weight excluding hydrogens is 378 g/mol. The first kappa shape index (κ1) is 21.2. The third-order valence-electron chi connectivity index (χ3n) is 5.31. The second kappa shape index (κ2) is 9.80. The number of nitrogens with zero attached hydrogens (tertiary/aromatic N) is 1. The molecule has 3 rings (SSSR count). The molecule has 160 valence electrons. The molecule has 5 N–H and O–H groups in total. The maximum absolute atomic E-state index is 12.8. The van der Waals surface area contributed by atoms with Gasteiger partial charge in [0.05, 0.1) is 24.9 Å². The number of nitrogens with two attached hydrogens (primary N) is 1. The van der Waals surface area contributed by atoms with Gasteiger partial charge in [-0.05, 0) is 32.0 Å². The predicted octanol–water partition coefficient (Wildman–Crippen LogP) is 0.707. The van der Waals surface area contributed by atoms with E-state index in [1.165, 1.54) is 0 Å². The zero-order valence-electron chi connectivity index (χ0n) is 16.4. The SMILES string of the molecule is Nc1cc2c(c(C(=O)NC[C@@H]3CCN(CCCC(=O)O)C[C@H]3O)c1)OCCCO2. The molecule has 2 aliphatic rings. The number of benzene rings is 1. The number of nitrogens with one attached hydrogen (secondary N) is 1. The maximum Gasteiger partial charge on any atom is 0.303 e. The van der Waals surface area contributed by atoms with Crippen LogP contribution >= 0.6 is 0 Å². The minimum atomic E-state index is -0.808. The molecule has 1 aromatic rings. The van der Waals surface area contributed by atoms with Crippen molar-refractivity contribution in [3.8, 4) is 11.5 Å². The Bertz CT molecular complexity index is 741. The Morgan fingerprint density at radius 1 is 1.28 bits per heavy atom. The molecule has 0 unspecified atom stereocenters. The second-order valence-electron chi connectivity index (χ2n) is 7.57. The van der Waals surface area contributed by atoms with Gasteiger partial charge in [-0.25, -0.2) is 0 Å². The lowest BCUT2D eigenvalue weighted by atomic mass is 9.93. The Kier molecular flexibility index (Phi) is 7.16. The molecule has 1 aromatic carbocycles. The first-order chi connectivity index (χ1) is 13.9. The van der Waals surface area contributed by atoms with E-state index in [-0.39, 0.29) is 18.2 Å². The number of ether oxygens (including phenoxy) is 2. The van der Waals surface area contributed by atoms with Gasteiger partial charge >= 0.3 is 5.97 Å². The number of amides is 1. The highest BCUT2D eigenvalue weighted by Crippen LogP contribution is 2.35. The van der Waals surface area contributed by atoms with Crippen molar-refractivity contribution >= 4 is 17.6 Å². The summed E-state index contributed by atoms with van der Waals surface area (Å²) in [6, 6.07) is 3.23. The van der Waals surface area contributed by atoms with Crippen LogP contribution < -0.4 is 20.5 Å². The monoisotopic (exact) mass is 407 g/mol. The topological polar surface area (TPSA) is 134 Å². The molecule has 1 amide bonds. The Labute approximate surface area is 169 Å². The lowest BCUT2D eigenvalue weighted by molar-refractivity contribution is -0.137. The molecule has 0 aliphatic carbocycles. The van der Waals surface area contributed by atoms with Crippen LogP contribution in [0.15, 0.2) is 12.1 Å². The molecule has 1 fully saturated rings. The molecule has 9 nitrogen and oxygen atoms in total. The summed E-state index contributed by atoms with van der Waals surface area (Å²) in [6.45, 7) is 3.21. The molecule has 9 heteroatoms. The van der Waals surface area contributed by atoms with E-state index in [9.17, 15) is 14.7 Å². The number of carboxylic acid groups (broad SMARTS) is 1. The highest BCUT2D eigenvalue weighted by Gasteiger charge is 2.28. The van der Waals surface area contributed by atoms with Crippen LogP contribution in [0, 0.1) is 5.92 Å². The summed E-state index contributed by atoms with van der Waals surface area (Å²) in [5, 5.41) is 22.0. The van der Waals surface area contributed by atoms with Gasteiger partial charge in [-0.3, -0.25) is 9.59 Å². The lowest BCUT2D eigenvalue weighted by Gasteiger charge is -2.36. The summed E-state index contributed by atoms with van der Waals surface area (Å²) in [6.07, 6.45) is 1.57. The predicted molar refractivity (Wildman–Crippen MR) is 106 cm³/mol. The van der Waals surface area contributed by atoms with Crippen molar-refractivity contribution in [3.05, 3.63) is 17.7 Å². The number of aliphatic hydroxyl groups is 1. The molecule has 2 aliphatic heterocycles. The zero-order valence-corrected chi connectivity index (χ0v) is 16.4. The molecule has 29 heavy (non-hydrogen) atoms. The molecule has 0 bridgehead atoms. The van der Waals surface area contributed by atoms with Crippen LogP contribution in [0.2, 0.25) is 0 Å². The average molecular weight is 407 g/mol. The minimum Gasteiger partial charge on any atom is -0.489 e. The van der Waals surface area contributed by atoms with E-state index in [1.807, 2.05) is 0 Å². The quantitative estimate of drug-likeness (QED) is 0.486. The smallest absolute Gasteiger partial charge is 0.303 e. The summed E-state index contributed by atoms with van der Waals surface area (Å²) in [5.74, 6) is -0.302. The first-order valence-electron chi connectivity index (χ1n) is 10.0. The fraction of sp³-hybridized carbons (Fsp3) is 0.600. The van der Waals surface area contributed by atoms with Crippen LogP contribution in [0.1, 0.15) is 36.0 Å². The number of rotatable bonds is 7. The molecule has 2 atom stereocenters. The zero-order chi connectivity index (χ0) is 20.8. The van der Waals surface area contributed by atoms with Gasteiger partial charge in [0, 0.05) is 43.6 Å². The van der Waals surface area contributed by atoms with E-state index in [4.69, 9.17) is 20.3 Å². The van der Waals surface area contributed by atoms with E-state index in [1.54, 1.807) is 12.1 Å². The largest absolute Gasteiger partial charge is 0.489 e. The van der Waals surface area contributed by atoms with E-state index in [0.29, 0.717) is 62.0 Å². The molecule has 0 saturated carbocycles. The molecule has 0 aromatic heterocycles. The van der Waals surface area contributed by atoms with E-state index in [2.05, 4.69) is 10.2 Å². The lowest BCUT2D eigenvalue weighted by Crippen LogP contribution is -2.47. The fourth-order valence-corrected chi connectivity index (χ4v) is 3.72. The summed E-state index contributed by atoms with van der Waals surface area (Å²) >= 11 is 0. The standard InChI is InChI=1S/C20H29N3O6/c21-14-9-15(19-17(10-14)28-7-2-8-29-19)20(27)22-11-13-4-6-23(12-16(13)24)5-1-3-18(25)26/h9-10,13,16,24H,1-8,11-12,21H2,(H,22,27)(H,25,26)/t13-,16+/m0/s1. The molecule has 0 radical (unpaired) electrons. The van der Waals surface area contributed by atoms with Crippen molar-refractivity contribution in [1.29, 1.82) is 0 Å². The number of fused-ring (bicyclic) bond motifs is 1. The van der Waals surface area contributed by atoms with Gasteiger partial charge in [0.1, 0.15) is 0 Å². The normalized spacial score (nSPS) is 22.0. The minimum absolute atomic E-state index is 0.0634. The summed E-state index contributed by atoms with van der Waals surface area (Å²) in [5.41, 5.74) is 6.67. The highest BCUT2D eigenvalue weighted by atomic mass is 16.5. The number of likely N-dealkylation sites (tertiary alicyclic amines) is 1.